The van der Waals surface area contributed by atoms with Crippen LogP contribution in [-0.2, 0) is 11.3 Å². The molecule has 2 heterocycles. The van der Waals surface area contributed by atoms with Gasteiger partial charge in [0, 0.05) is 5.69 Å². The first-order valence-electron chi connectivity index (χ1n) is 7.33. The Morgan fingerprint density at radius 1 is 1.20 bits per heavy atom. The molecule has 3 N–H and O–H groups in total. The van der Waals surface area contributed by atoms with Crippen LogP contribution in [0, 0.1) is 0 Å². The van der Waals surface area contributed by atoms with Crippen molar-refractivity contribution in [3.63, 3.8) is 0 Å². The van der Waals surface area contributed by atoms with Crippen molar-refractivity contribution < 1.29 is 19.2 Å². The summed E-state index contributed by atoms with van der Waals surface area (Å²) >= 11 is 1.48. The second-order valence-electron chi connectivity index (χ2n) is 4.97. The highest BCUT2D eigenvalue weighted by Gasteiger charge is 2.14. The number of nitrogens with zero attached hydrogens (tertiary/aromatic N) is 2. The molecule has 0 saturated heterocycles. The zero-order chi connectivity index (χ0) is 17.6. The number of carbonyl (C=O) groups excluding carboxylic acids is 1. The molecule has 1 amide bonds. The highest BCUT2D eigenvalue weighted by atomic mass is 32.1. The van der Waals surface area contributed by atoms with Gasteiger partial charge in [-0.1, -0.05) is 23.4 Å². The fraction of sp³-hybridized carbons (Fsp3) is 0.125. The number of para-hydroxylation sites is 1. The molecule has 128 valence electrons. The van der Waals surface area contributed by atoms with Gasteiger partial charge in [0.2, 0.25) is 0 Å². The van der Waals surface area contributed by atoms with Crippen molar-refractivity contribution in [2.75, 3.05) is 11.9 Å². The number of hydrogen-bond donors (Lipinski definition) is 3. The van der Waals surface area contributed by atoms with Crippen molar-refractivity contribution in [2.24, 2.45) is 0 Å². The number of nitrogens with one attached hydrogen (secondary N) is 2. The number of benzene rings is 1. The third-order valence-electron chi connectivity index (χ3n) is 3.21. The van der Waals surface area contributed by atoms with Crippen LogP contribution >= 0.6 is 11.3 Å². The zero-order valence-electron chi connectivity index (χ0n) is 12.9. The van der Waals surface area contributed by atoms with Crippen LogP contribution in [0.25, 0.3) is 10.8 Å². The van der Waals surface area contributed by atoms with Gasteiger partial charge in [0.05, 0.1) is 17.0 Å². The maximum atomic E-state index is 12.3. The van der Waals surface area contributed by atoms with E-state index in [4.69, 9.17) is 9.63 Å². The molecule has 25 heavy (non-hydrogen) atoms. The maximum Gasteiger partial charge on any atom is 0.322 e. The van der Waals surface area contributed by atoms with Crippen LogP contribution in [0.4, 0.5) is 5.69 Å². The smallest absolute Gasteiger partial charge is 0.322 e. The molecule has 0 fully saturated rings. The van der Waals surface area contributed by atoms with Crippen molar-refractivity contribution in [3.05, 3.63) is 53.2 Å². The average Bonchev–Trinajstić information content (AvgIpc) is 3.29. The molecule has 9 heteroatoms. The quantitative estimate of drug-likeness (QED) is 0.593. The lowest BCUT2D eigenvalue weighted by atomic mass is 10.1. The molecule has 0 aliphatic rings. The predicted molar refractivity (Wildman–Crippen MR) is 91.3 cm³/mol. The molecule has 0 spiro atoms. The van der Waals surface area contributed by atoms with Crippen LogP contribution in [0.3, 0.4) is 0 Å². The van der Waals surface area contributed by atoms with Gasteiger partial charge in [-0.05, 0) is 23.6 Å². The minimum atomic E-state index is -1.01. The van der Waals surface area contributed by atoms with E-state index in [-0.39, 0.29) is 19.0 Å². The second-order valence-corrected chi connectivity index (χ2v) is 5.92. The first-order valence-corrected chi connectivity index (χ1v) is 8.21. The van der Waals surface area contributed by atoms with Crippen molar-refractivity contribution in [3.8, 4) is 10.8 Å². The minimum absolute atomic E-state index is 0.0982. The first-order chi connectivity index (χ1) is 12.1. The number of carboxylic acid groups (broad SMARTS) is 1. The van der Waals surface area contributed by atoms with Gasteiger partial charge in [0.25, 0.3) is 11.8 Å². The van der Waals surface area contributed by atoms with Crippen LogP contribution in [-0.4, -0.2) is 33.7 Å². The fourth-order valence-electron chi connectivity index (χ4n) is 2.09. The highest BCUT2D eigenvalue weighted by Crippen LogP contribution is 2.22. The third kappa shape index (κ3) is 4.21. The topological polar surface area (TPSA) is 117 Å². The van der Waals surface area contributed by atoms with Crippen LogP contribution in [0.2, 0.25) is 0 Å². The molecule has 3 aromatic rings. The molecule has 8 nitrogen and oxygen atoms in total. The van der Waals surface area contributed by atoms with Crippen LogP contribution in [0.15, 0.2) is 46.3 Å². The van der Waals surface area contributed by atoms with Gasteiger partial charge < -0.3 is 20.3 Å². The van der Waals surface area contributed by atoms with E-state index >= 15 is 0 Å². The Morgan fingerprint density at radius 3 is 2.80 bits per heavy atom. The summed E-state index contributed by atoms with van der Waals surface area (Å²) in [5.41, 5.74) is 0.778. The largest absolute Gasteiger partial charge is 0.480 e. The monoisotopic (exact) mass is 358 g/mol. The SMILES string of the molecule is O=C(O)CNc1ccccc1C(=O)NCc1noc(-c2cccs2)n1. The molecular weight excluding hydrogens is 344 g/mol. The lowest BCUT2D eigenvalue weighted by molar-refractivity contribution is -0.134. The summed E-state index contributed by atoms with van der Waals surface area (Å²) in [7, 11) is 0. The summed E-state index contributed by atoms with van der Waals surface area (Å²) in [4.78, 5) is 28.1. The molecule has 0 bridgehead atoms. The average molecular weight is 358 g/mol. The summed E-state index contributed by atoms with van der Waals surface area (Å²) in [6, 6.07) is 10.4. The molecule has 0 aliphatic carbocycles. The summed E-state index contributed by atoms with van der Waals surface area (Å²) < 4.78 is 5.16. The standard InChI is InChI=1S/C16H14N4O4S/c21-14(22)9-17-11-5-2-1-4-10(11)15(23)18-8-13-19-16(24-20-13)12-6-3-7-25-12/h1-7,17H,8-9H2,(H,18,23)(H,21,22). The Hall–Kier alpha value is -3.20. The molecule has 3 rings (SSSR count). The second kappa shape index (κ2) is 7.58. The van der Waals surface area contributed by atoms with E-state index in [1.54, 1.807) is 24.3 Å². The molecular formula is C16H14N4O4S. The summed E-state index contributed by atoms with van der Waals surface area (Å²) in [5.74, 6) is -0.616. The van der Waals surface area contributed by atoms with Gasteiger partial charge in [0.15, 0.2) is 5.82 Å². The van der Waals surface area contributed by atoms with Crippen molar-refractivity contribution in [1.29, 1.82) is 0 Å². The van der Waals surface area contributed by atoms with Gasteiger partial charge in [0.1, 0.15) is 6.54 Å². The zero-order valence-corrected chi connectivity index (χ0v) is 13.7. The number of carboxylic acids is 1. The number of thiophene rings is 1. The molecule has 1 aromatic carbocycles. The number of anilines is 1. The lowest BCUT2D eigenvalue weighted by Gasteiger charge is -2.10. The molecule has 0 saturated carbocycles. The summed E-state index contributed by atoms with van der Waals surface area (Å²) in [5, 5.41) is 19.9. The van der Waals surface area contributed by atoms with Gasteiger partial charge in [-0.25, -0.2) is 0 Å². The Morgan fingerprint density at radius 2 is 2.04 bits per heavy atom. The minimum Gasteiger partial charge on any atom is -0.480 e. The van der Waals surface area contributed by atoms with E-state index in [1.807, 2.05) is 17.5 Å². The van der Waals surface area contributed by atoms with Gasteiger partial charge >= 0.3 is 5.97 Å². The van der Waals surface area contributed by atoms with Crippen LogP contribution in [0.5, 0.6) is 0 Å². The molecule has 0 aliphatic heterocycles. The molecule has 0 atom stereocenters. The maximum absolute atomic E-state index is 12.3. The van der Waals surface area contributed by atoms with Gasteiger partial charge in [-0.15, -0.1) is 11.3 Å². The van der Waals surface area contributed by atoms with Crippen LogP contribution in [0.1, 0.15) is 16.2 Å². The van der Waals surface area contributed by atoms with Crippen LogP contribution < -0.4 is 10.6 Å². The summed E-state index contributed by atoms with van der Waals surface area (Å²) in [6.45, 7) is -0.180. The predicted octanol–water partition coefficient (Wildman–Crippen LogP) is 2.22. The van der Waals surface area contributed by atoms with E-state index in [0.717, 1.165) is 4.88 Å². The number of carbonyl (C=O) groups is 2. The lowest BCUT2D eigenvalue weighted by Crippen LogP contribution is -2.25. The van der Waals surface area contributed by atoms with Crippen molar-refractivity contribution in [2.45, 2.75) is 6.54 Å². The number of rotatable bonds is 7. The number of amides is 1. The Bertz CT molecular complexity index is 876. The van der Waals surface area contributed by atoms with E-state index in [1.165, 1.54) is 11.3 Å². The fourth-order valence-corrected chi connectivity index (χ4v) is 2.73. The van der Waals surface area contributed by atoms with Crippen molar-refractivity contribution >= 4 is 28.9 Å². The first kappa shape index (κ1) is 16.7. The highest BCUT2D eigenvalue weighted by molar-refractivity contribution is 7.13. The van der Waals surface area contributed by atoms with Crippen molar-refractivity contribution in [1.82, 2.24) is 15.5 Å². The Balaban J connectivity index is 1.64. The van der Waals surface area contributed by atoms with E-state index in [2.05, 4.69) is 20.8 Å². The number of aliphatic carboxylic acids is 1. The summed E-state index contributed by atoms with van der Waals surface area (Å²) in [6.07, 6.45) is 0. The number of hydrogen-bond acceptors (Lipinski definition) is 7. The van der Waals surface area contributed by atoms with E-state index in [0.29, 0.717) is 23.0 Å². The third-order valence-corrected chi connectivity index (χ3v) is 4.07. The Kier molecular flexibility index (Phi) is 5.05. The molecule has 0 radical (unpaired) electrons. The molecule has 0 unspecified atom stereocenters. The van der Waals surface area contributed by atoms with E-state index < -0.39 is 5.97 Å². The number of aromatic nitrogens is 2. The van der Waals surface area contributed by atoms with Gasteiger partial charge in [-0.3, -0.25) is 9.59 Å². The molecule has 2 aromatic heterocycles. The Labute approximate surface area is 146 Å². The normalized spacial score (nSPS) is 10.4. The van der Waals surface area contributed by atoms with Gasteiger partial charge in [-0.2, -0.15) is 4.98 Å². The van der Waals surface area contributed by atoms with E-state index in [9.17, 15) is 9.59 Å².